The summed E-state index contributed by atoms with van der Waals surface area (Å²) in [6, 6.07) is 5.17. The van der Waals surface area contributed by atoms with Gasteiger partial charge in [-0.3, -0.25) is 5.41 Å². The molecular weight excluding hydrogens is 303 g/mol. The van der Waals surface area contributed by atoms with Gasteiger partial charge in [-0.2, -0.15) is 4.99 Å². The lowest BCUT2D eigenvalue weighted by Crippen LogP contribution is -2.23. The van der Waals surface area contributed by atoms with Gasteiger partial charge in [0, 0.05) is 15.8 Å². The molecule has 8 heteroatoms. The molecule has 0 unspecified atom stereocenters. The highest BCUT2D eigenvalue weighted by Crippen LogP contribution is 2.25. The molecule has 1 rings (SSSR count). The number of guanidine groups is 1. The molecule has 0 saturated carbocycles. The Morgan fingerprint density at radius 3 is 2.59 bits per heavy atom. The summed E-state index contributed by atoms with van der Waals surface area (Å²) >= 11 is 13.0. The van der Waals surface area contributed by atoms with Crippen LogP contribution in [0.3, 0.4) is 0 Å². The Morgan fingerprint density at radius 1 is 1.35 bits per heavy atom. The molecule has 0 saturated heterocycles. The van der Waals surface area contributed by atoms with Gasteiger partial charge < -0.3 is 11.5 Å². The monoisotopic (exact) mass is 312 g/mol. The molecule has 17 heavy (non-hydrogen) atoms. The fraction of sp³-hybridized carbons (Fsp3) is 0.111. The maximum atomic E-state index is 7.43. The van der Waals surface area contributed by atoms with E-state index < -0.39 is 0 Å². The van der Waals surface area contributed by atoms with E-state index in [1.54, 1.807) is 18.2 Å². The summed E-state index contributed by atoms with van der Waals surface area (Å²) in [7, 11) is 0. The molecule has 1 aromatic rings. The average Bonchev–Trinajstić information content (AvgIpc) is 2.18. The highest BCUT2D eigenvalue weighted by Gasteiger charge is 2.03. The lowest BCUT2D eigenvalue weighted by molar-refractivity contribution is 1.41. The third kappa shape index (κ3) is 6.02. The molecule has 0 bridgehead atoms. The van der Waals surface area contributed by atoms with Crippen LogP contribution in [0.1, 0.15) is 5.56 Å². The summed E-state index contributed by atoms with van der Waals surface area (Å²) in [5.74, 6) is 0.365. The van der Waals surface area contributed by atoms with Crippen LogP contribution >= 0.6 is 47.4 Å². The van der Waals surface area contributed by atoms with Crippen LogP contribution < -0.4 is 11.5 Å². The van der Waals surface area contributed by atoms with Crippen LogP contribution in [0.2, 0.25) is 10.0 Å². The van der Waals surface area contributed by atoms with Crippen molar-refractivity contribution in [3.8, 4) is 0 Å². The minimum absolute atomic E-state index is 0. The van der Waals surface area contributed by atoms with Gasteiger partial charge in [-0.1, -0.05) is 35.0 Å². The summed E-state index contributed by atoms with van der Waals surface area (Å²) in [6.45, 7) is 0. The molecule has 0 atom stereocenters. The maximum absolute atomic E-state index is 7.43. The molecule has 94 valence electrons. The summed E-state index contributed by atoms with van der Waals surface area (Å²) in [5, 5.41) is 8.68. The quantitative estimate of drug-likeness (QED) is 0.579. The van der Waals surface area contributed by atoms with E-state index in [0.29, 0.717) is 15.8 Å². The Kier molecular flexibility index (Phi) is 7.38. The van der Waals surface area contributed by atoms with Gasteiger partial charge in [0.2, 0.25) is 0 Å². The van der Waals surface area contributed by atoms with E-state index in [9.17, 15) is 0 Å². The van der Waals surface area contributed by atoms with Crippen LogP contribution in [0.5, 0.6) is 0 Å². The summed E-state index contributed by atoms with van der Waals surface area (Å²) in [5.41, 5.74) is 11.1. The molecule has 0 radical (unpaired) electrons. The molecule has 0 heterocycles. The Bertz CT molecular complexity index is 432. The van der Waals surface area contributed by atoms with Crippen LogP contribution in [-0.2, 0) is 5.75 Å². The highest BCUT2D eigenvalue weighted by molar-refractivity contribution is 8.13. The number of nitrogens with one attached hydrogen (secondary N) is 1. The van der Waals surface area contributed by atoms with Gasteiger partial charge >= 0.3 is 0 Å². The Morgan fingerprint density at radius 2 is 2.00 bits per heavy atom. The van der Waals surface area contributed by atoms with Crippen LogP contribution in [0.4, 0.5) is 0 Å². The van der Waals surface area contributed by atoms with E-state index in [4.69, 9.17) is 40.1 Å². The van der Waals surface area contributed by atoms with Gasteiger partial charge in [0.1, 0.15) is 0 Å². The largest absolute Gasteiger partial charge is 0.370 e. The summed E-state index contributed by atoms with van der Waals surface area (Å²) in [6.07, 6.45) is 0. The number of aliphatic imine (C=N–C) groups is 1. The standard InChI is InChI=1S/C9H10Cl2N4S.ClH/c10-6-1-2-7(11)5(3-6)4-16-9(14)15-8(12)13;/h1-3H,4H2,(H5,12,13,14,15);1H. The molecule has 0 amide bonds. The van der Waals surface area contributed by atoms with Crippen molar-refractivity contribution in [2.45, 2.75) is 5.75 Å². The molecule has 0 aliphatic carbocycles. The van der Waals surface area contributed by atoms with E-state index in [1.165, 1.54) is 11.8 Å². The minimum Gasteiger partial charge on any atom is -0.370 e. The molecule has 1 aromatic carbocycles. The minimum atomic E-state index is -0.130. The maximum Gasteiger partial charge on any atom is 0.193 e. The zero-order chi connectivity index (χ0) is 12.1. The zero-order valence-corrected chi connectivity index (χ0v) is 11.8. The predicted molar refractivity (Wildman–Crippen MR) is 78.5 cm³/mol. The van der Waals surface area contributed by atoms with E-state index >= 15 is 0 Å². The lowest BCUT2D eigenvalue weighted by Gasteiger charge is -2.03. The second-order valence-corrected chi connectivity index (χ2v) is 4.67. The number of nitrogens with two attached hydrogens (primary N) is 2. The van der Waals surface area contributed by atoms with Crippen molar-refractivity contribution in [1.29, 1.82) is 5.41 Å². The van der Waals surface area contributed by atoms with Gasteiger partial charge in [-0.25, -0.2) is 0 Å². The number of rotatable bonds is 2. The topological polar surface area (TPSA) is 88.2 Å². The Balaban J connectivity index is 0.00000256. The number of amidine groups is 1. The van der Waals surface area contributed by atoms with Crippen molar-refractivity contribution in [1.82, 2.24) is 0 Å². The predicted octanol–water partition coefficient (Wildman–Crippen LogP) is 2.86. The van der Waals surface area contributed by atoms with Gasteiger partial charge in [-0.15, -0.1) is 12.4 Å². The SMILES string of the molecule is Cl.N=C(N=C(N)N)SCc1cc(Cl)ccc1Cl. The summed E-state index contributed by atoms with van der Waals surface area (Å²) < 4.78 is 0. The van der Waals surface area contributed by atoms with Crippen molar-refractivity contribution in [2.24, 2.45) is 16.5 Å². The van der Waals surface area contributed by atoms with Crippen LogP contribution in [0.25, 0.3) is 0 Å². The summed E-state index contributed by atoms with van der Waals surface area (Å²) in [4.78, 5) is 3.59. The first kappa shape index (κ1) is 16.4. The van der Waals surface area contributed by atoms with Crippen molar-refractivity contribution in [3.63, 3.8) is 0 Å². The number of halogens is 3. The van der Waals surface area contributed by atoms with Crippen LogP contribution in [0, 0.1) is 5.41 Å². The van der Waals surface area contributed by atoms with Gasteiger partial charge in [0.25, 0.3) is 0 Å². The fourth-order valence-corrected chi connectivity index (χ4v) is 2.11. The van der Waals surface area contributed by atoms with Gasteiger partial charge in [0.15, 0.2) is 11.1 Å². The molecular formula is C9H11Cl3N4S. The molecule has 0 aromatic heterocycles. The molecule has 5 N–H and O–H groups in total. The van der Waals surface area contributed by atoms with Crippen molar-refractivity contribution >= 4 is 58.5 Å². The van der Waals surface area contributed by atoms with Crippen LogP contribution in [-0.4, -0.2) is 11.1 Å². The first-order valence-corrected chi connectivity index (χ1v) is 5.98. The number of nitrogens with zero attached hydrogens (tertiary/aromatic N) is 1. The van der Waals surface area contributed by atoms with E-state index in [2.05, 4.69) is 4.99 Å². The van der Waals surface area contributed by atoms with E-state index in [1.807, 2.05) is 0 Å². The van der Waals surface area contributed by atoms with Gasteiger partial charge in [-0.05, 0) is 23.8 Å². The molecule has 0 aliphatic heterocycles. The zero-order valence-electron chi connectivity index (χ0n) is 8.61. The third-order valence-electron chi connectivity index (χ3n) is 1.60. The average molecular weight is 314 g/mol. The van der Waals surface area contributed by atoms with Crippen molar-refractivity contribution in [2.75, 3.05) is 0 Å². The Labute approximate surface area is 120 Å². The van der Waals surface area contributed by atoms with Crippen LogP contribution in [0.15, 0.2) is 23.2 Å². The van der Waals surface area contributed by atoms with Gasteiger partial charge in [0.05, 0.1) is 0 Å². The normalized spacial score (nSPS) is 9.29. The Hall–Kier alpha value is -0.620. The highest BCUT2D eigenvalue weighted by atomic mass is 35.5. The molecule has 0 fully saturated rings. The smallest absolute Gasteiger partial charge is 0.193 e. The lowest BCUT2D eigenvalue weighted by atomic mass is 10.2. The second-order valence-electron chi connectivity index (χ2n) is 2.87. The molecule has 0 spiro atoms. The fourth-order valence-electron chi connectivity index (χ4n) is 0.950. The van der Waals surface area contributed by atoms with E-state index in [-0.39, 0.29) is 23.5 Å². The number of hydrogen-bond acceptors (Lipinski definition) is 2. The number of thioether (sulfide) groups is 1. The third-order valence-corrected chi connectivity index (χ3v) is 3.03. The number of benzene rings is 1. The first-order chi connectivity index (χ1) is 7.49. The number of hydrogen-bond donors (Lipinski definition) is 3. The first-order valence-electron chi connectivity index (χ1n) is 4.24. The van der Waals surface area contributed by atoms with Crippen molar-refractivity contribution < 1.29 is 0 Å². The molecule has 4 nitrogen and oxygen atoms in total. The van der Waals surface area contributed by atoms with E-state index in [0.717, 1.165) is 5.56 Å². The second kappa shape index (κ2) is 7.66. The van der Waals surface area contributed by atoms with Crippen molar-refractivity contribution in [3.05, 3.63) is 33.8 Å². The molecule has 0 aliphatic rings.